The largest absolute Gasteiger partial charge is 0.490 e. The number of aliphatic carboxylic acids is 2. The van der Waals surface area contributed by atoms with Crippen LogP contribution in [0, 0.1) is 6.92 Å². The Balaban J connectivity index is 0.000000351. The first kappa shape index (κ1) is 19.1. The van der Waals surface area contributed by atoms with E-state index in [4.69, 9.17) is 15.0 Å². The average Bonchev–Trinajstić information content (AvgIpc) is 2.75. The van der Waals surface area contributed by atoms with E-state index in [-0.39, 0.29) is 18.0 Å². The lowest BCUT2D eigenvalue weighted by Crippen LogP contribution is -2.21. The topological polar surface area (TPSA) is 122 Å². The van der Waals surface area contributed by atoms with Gasteiger partial charge in [0.15, 0.2) is 5.78 Å². The Morgan fingerprint density at radius 2 is 1.79 bits per heavy atom. The predicted molar refractivity (Wildman–Crippen MR) is 73.6 cm³/mol. The molecule has 0 aromatic carbocycles. The maximum atomic E-state index is 11.4. The summed E-state index contributed by atoms with van der Waals surface area (Å²) in [6.45, 7) is 2.93. The third-order valence-electron chi connectivity index (χ3n) is 2.63. The van der Waals surface area contributed by atoms with Crippen molar-refractivity contribution in [3.8, 4) is 0 Å². The van der Waals surface area contributed by atoms with Gasteiger partial charge in [-0.05, 0) is 13.0 Å². The zero-order valence-electron chi connectivity index (χ0n) is 12.5. The highest BCUT2D eigenvalue weighted by Crippen LogP contribution is 2.19. The molecule has 0 fully saturated rings. The molecule has 0 aliphatic rings. The minimum Gasteiger partial charge on any atom is -0.480 e. The average molecular weight is 347 g/mol. The number of aryl methyl sites for hydroxylation is 1. The number of pyridine rings is 1. The third-order valence-corrected chi connectivity index (χ3v) is 2.63. The molecule has 0 saturated heterocycles. The molecule has 130 valence electrons. The molecule has 2 rings (SSSR count). The first-order valence-electron chi connectivity index (χ1n) is 6.29. The molecule has 2 aromatic rings. The Bertz CT molecular complexity index is 798. The van der Waals surface area contributed by atoms with E-state index in [1.807, 2.05) is 0 Å². The van der Waals surface area contributed by atoms with E-state index in [1.54, 1.807) is 13.0 Å². The number of rotatable bonds is 3. The second kappa shape index (κ2) is 7.06. The molecule has 0 unspecified atom stereocenters. The fourth-order valence-corrected chi connectivity index (χ4v) is 1.69. The van der Waals surface area contributed by atoms with Crippen molar-refractivity contribution in [1.29, 1.82) is 0 Å². The van der Waals surface area contributed by atoms with E-state index in [2.05, 4.69) is 10.1 Å². The van der Waals surface area contributed by atoms with Gasteiger partial charge in [0, 0.05) is 18.0 Å². The lowest BCUT2D eigenvalue weighted by atomic mass is 10.2. The van der Waals surface area contributed by atoms with Gasteiger partial charge in [0.25, 0.3) is 0 Å². The number of Topliss-reactive ketones (excluding diaryl/α,β-unsaturated/α-hetero) is 1. The number of nitrogens with zero attached hydrogens (tertiary/aromatic N) is 3. The molecule has 0 saturated carbocycles. The zero-order chi connectivity index (χ0) is 18.7. The predicted octanol–water partition coefficient (Wildman–Crippen LogP) is 1.66. The fourth-order valence-electron chi connectivity index (χ4n) is 1.69. The van der Waals surface area contributed by atoms with Gasteiger partial charge in [-0.3, -0.25) is 19.3 Å². The van der Waals surface area contributed by atoms with Crippen LogP contribution in [0.15, 0.2) is 12.3 Å². The fraction of sp³-hybridized carbons (Fsp3) is 0.308. The van der Waals surface area contributed by atoms with E-state index in [9.17, 15) is 22.8 Å². The van der Waals surface area contributed by atoms with Crippen LogP contribution < -0.4 is 0 Å². The van der Waals surface area contributed by atoms with Gasteiger partial charge in [0.1, 0.15) is 12.2 Å². The van der Waals surface area contributed by atoms with Crippen LogP contribution in [0.2, 0.25) is 0 Å². The molecule has 2 N–H and O–H groups in total. The zero-order valence-corrected chi connectivity index (χ0v) is 12.5. The summed E-state index contributed by atoms with van der Waals surface area (Å²) in [5.74, 6) is -3.96. The summed E-state index contributed by atoms with van der Waals surface area (Å²) in [6, 6.07) is 1.73. The van der Waals surface area contributed by atoms with E-state index >= 15 is 0 Å². The van der Waals surface area contributed by atoms with Crippen LogP contribution in [-0.2, 0) is 16.1 Å². The monoisotopic (exact) mass is 347 g/mol. The summed E-state index contributed by atoms with van der Waals surface area (Å²) in [4.78, 5) is 35.1. The molecular weight excluding hydrogens is 335 g/mol. The number of halogens is 3. The normalized spacial score (nSPS) is 10.9. The van der Waals surface area contributed by atoms with Crippen molar-refractivity contribution < 1.29 is 37.8 Å². The van der Waals surface area contributed by atoms with Crippen LogP contribution in [0.5, 0.6) is 0 Å². The number of hydrogen-bond acceptors (Lipinski definition) is 5. The Kier molecular flexibility index (Phi) is 5.61. The molecule has 24 heavy (non-hydrogen) atoms. The summed E-state index contributed by atoms with van der Waals surface area (Å²) in [6.07, 6.45) is -3.55. The van der Waals surface area contributed by atoms with E-state index in [0.29, 0.717) is 10.9 Å². The number of ketones is 1. The van der Waals surface area contributed by atoms with Gasteiger partial charge in [-0.15, -0.1) is 0 Å². The molecule has 8 nitrogen and oxygen atoms in total. The van der Waals surface area contributed by atoms with Crippen molar-refractivity contribution in [3.05, 3.63) is 23.7 Å². The summed E-state index contributed by atoms with van der Waals surface area (Å²) >= 11 is 0. The van der Waals surface area contributed by atoms with Crippen LogP contribution in [-0.4, -0.2) is 48.9 Å². The first-order valence-corrected chi connectivity index (χ1v) is 6.29. The number of carbonyl (C=O) groups excluding carboxylic acids is 1. The molecule has 2 aromatic heterocycles. The van der Waals surface area contributed by atoms with Crippen molar-refractivity contribution in [3.63, 3.8) is 0 Å². The van der Waals surface area contributed by atoms with Gasteiger partial charge < -0.3 is 10.2 Å². The maximum absolute atomic E-state index is 11.4. The van der Waals surface area contributed by atoms with Crippen LogP contribution in [0.3, 0.4) is 0 Å². The van der Waals surface area contributed by atoms with Crippen molar-refractivity contribution in [1.82, 2.24) is 14.8 Å². The summed E-state index contributed by atoms with van der Waals surface area (Å²) < 4.78 is 33.0. The second-order valence-corrected chi connectivity index (χ2v) is 4.60. The first-order chi connectivity index (χ1) is 10.9. The Hall–Kier alpha value is -2.98. The van der Waals surface area contributed by atoms with Crippen molar-refractivity contribution in [2.45, 2.75) is 26.6 Å². The van der Waals surface area contributed by atoms with Crippen LogP contribution in [0.4, 0.5) is 13.2 Å². The quantitative estimate of drug-likeness (QED) is 0.810. The highest BCUT2D eigenvalue weighted by atomic mass is 19.4. The van der Waals surface area contributed by atoms with Gasteiger partial charge >= 0.3 is 18.1 Å². The molecular formula is C13H12F3N3O5. The van der Waals surface area contributed by atoms with E-state index in [0.717, 1.165) is 5.69 Å². The maximum Gasteiger partial charge on any atom is 0.490 e. The number of aromatic nitrogens is 3. The van der Waals surface area contributed by atoms with Crippen molar-refractivity contribution >= 4 is 28.6 Å². The summed E-state index contributed by atoms with van der Waals surface area (Å²) in [5, 5.41) is 20.5. The standard InChI is InChI=1S/C11H11N3O3.C2HF3O2/c1-6-3-8-9(4-12-6)14(5-10(16)17)13-11(8)7(2)15;3-2(4,5)1(6)7/h3-4H,5H2,1-2H3,(H,16,17);(H,6,7). The SMILES string of the molecule is CC(=O)c1nn(CC(=O)O)c2cnc(C)cc12.O=C(O)C(F)(F)F. The summed E-state index contributed by atoms with van der Waals surface area (Å²) in [7, 11) is 0. The number of hydrogen-bond donors (Lipinski definition) is 2. The lowest BCUT2D eigenvalue weighted by molar-refractivity contribution is -0.192. The van der Waals surface area contributed by atoms with Gasteiger partial charge in [-0.2, -0.15) is 18.3 Å². The number of carboxylic acids is 2. The molecule has 0 aliphatic carbocycles. The number of alkyl halides is 3. The molecule has 11 heteroatoms. The molecule has 0 aliphatic heterocycles. The minimum absolute atomic E-state index is 0.190. The number of carbonyl (C=O) groups is 3. The smallest absolute Gasteiger partial charge is 0.480 e. The van der Waals surface area contributed by atoms with E-state index in [1.165, 1.54) is 17.8 Å². The van der Waals surface area contributed by atoms with Gasteiger partial charge in [-0.25, -0.2) is 4.79 Å². The van der Waals surface area contributed by atoms with Crippen molar-refractivity contribution in [2.75, 3.05) is 0 Å². The Morgan fingerprint density at radius 3 is 2.21 bits per heavy atom. The third kappa shape index (κ3) is 4.76. The Labute approximate surface area is 132 Å². The van der Waals surface area contributed by atoms with Crippen molar-refractivity contribution in [2.24, 2.45) is 0 Å². The van der Waals surface area contributed by atoms with Crippen LogP contribution in [0.25, 0.3) is 10.9 Å². The van der Waals surface area contributed by atoms with Crippen LogP contribution >= 0.6 is 0 Å². The second-order valence-electron chi connectivity index (χ2n) is 4.60. The minimum atomic E-state index is -5.08. The number of carboxylic acid groups (broad SMARTS) is 2. The molecule has 0 bridgehead atoms. The van der Waals surface area contributed by atoms with Gasteiger partial charge in [0.05, 0.1) is 11.7 Å². The number of fused-ring (bicyclic) bond motifs is 1. The van der Waals surface area contributed by atoms with Crippen LogP contribution in [0.1, 0.15) is 23.1 Å². The Morgan fingerprint density at radius 1 is 1.25 bits per heavy atom. The molecule has 0 radical (unpaired) electrons. The summed E-state index contributed by atoms with van der Waals surface area (Å²) in [5.41, 5.74) is 1.60. The van der Waals surface area contributed by atoms with Gasteiger partial charge in [-0.1, -0.05) is 0 Å². The molecule has 0 amide bonds. The lowest BCUT2D eigenvalue weighted by Gasteiger charge is -1.98. The van der Waals surface area contributed by atoms with E-state index < -0.39 is 18.1 Å². The highest BCUT2D eigenvalue weighted by Gasteiger charge is 2.38. The molecule has 0 atom stereocenters. The molecule has 2 heterocycles. The van der Waals surface area contributed by atoms with Gasteiger partial charge in [0.2, 0.25) is 0 Å². The molecule has 0 spiro atoms. The highest BCUT2D eigenvalue weighted by molar-refractivity contribution is 6.04.